The van der Waals surface area contributed by atoms with Crippen molar-refractivity contribution in [2.75, 3.05) is 6.61 Å². The fraction of sp³-hybridized carbons (Fsp3) is 0.929. The van der Waals surface area contributed by atoms with Crippen molar-refractivity contribution in [3.05, 3.63) is 0 Å². The van der Waals surface area contributed by atoms with E-state index in [-0.39, 0.29) is 24.4 Å². The molecule has 2 saturated carbocycles. The average molecular weight is 309 g/mol. The van der Waals surface area contributed by atoms with Crippen LogP contribution in [0, 0.1) is 11.8 Å². The number of aliphatic hydroxyl groups is 1. The number of carboxylic acid groups (broad SMARTS) is 1. The highest BCUT2D eigenvalue weighted by molar-refractivity contribution is 5.85. The summed E-state index contributed by atoms with van der Waals surface area (Å²) in [6, 6.07) is 0.656. The number of carboxylic acids is 1. The first kappa shape index (κ1) is 19.6. The predicted octanol–water partition coefficient (Wildman–Crippen LogP) is 1.51. The average Bonchev–Trinajstić information content (AvgIpc) is 2.41. The summed E-state index contributed by atoms with van der Waals surface area (Å²) in [5.74, 6) is -0.239. The first-order valence-corrected chi connectivity index (χ1v) is 7.37. The minimum Gasteiger partial charge on any atom is -0.481 e. The summed E-state index contributed by atoms with van der Waals surface area (Å²) in [6.07, 6.45) is 7.72. The Labute approximate surface area is 127 Å². The minimum absolute atomic E-state index is 0. The molecular weight excluding hydrogens is 280 g/mol. The number of aliphatic carboxylic acids is 1. The quantitative estimate of drug-likeness (QED) is 0.618. The predicted molar refractivity (Wildman–Crippen MR) is 81.8 cm³/mol. The molecule has 0 bridgehead atoms. The SMILES string of the molecule is Cl.N[C@H]1CC[C@@H](C(=O)O)CC1.N[C@H]1CC[C@@H](CO)CC1. The van der Waals surface area contributed by atoms with Gasteiger partial charge in [0.05, 0.1) is 5.92 Å². The Balaban J connectivity index is 0.000000345. The van der Waals surface area contributed by atoms with Crippen LogP contribution in [-0.2, 0) is 4.79 Å². The van der Waals surface area contributed by atoms with Gasteiger partial charge in [-0.2, -0.15) is 0 Å². The highest BCUT2D eigenvalue weighted by Gasteiger charge is 2.23. The maximum absolute atomic E-state index is 10.4. The Morgan fingerprint density at radius 3 is 1.65 bits per heavy atom. The van der Waals surface area contributed by atoms with E-state index in [1.54, 1.807) is 0 Å². The fourth-order valence-corrected chi connectivity index (χ4v) is 2.74. The molecule has 2 aliphatic rings. The molecule has 0 aromatic heterocycles. The lowest BCUT2D eigenvalue weighted by molar-refractivity contribution is -0.142. The lowest BCUT2D eigenvalue weighted by Crippen LogP contribution is -2.29. The van der Waals surface area contributed by atoms with Crippen LogP contribution in [0.1, 0.15) is 51.4 Å². The molecule has 120 valence electrons. The van der Waals surface area contributed by atoms with E-state index in [9.17, 15) is 4.79 Å². The molecule has 0 aliphatic heterocycles. The molecule has 20 heavy (non-hydrogen) atoms. The smallest absolute Gasteiger partial charge is 0.306 e. The number of halogens is 1. The summed E-state index contributed by atoms with van der Waals surface area (Å²) in [6.45, 7) is 0.354. The molecule has 5 nitrogen and oxygen atoms in total. The molecule has 2 fully saturated rings. The van der Waals surface area contributed by atoms with Crippen LogP contribution in [0.5, 0.6) is 0 Å². The van der Waals surface area contributed by atoms with E-state index in [0.29, 0.717) is 18.6 Å². The molecule has 0 heterocycles. The third-order valence-electron chi connectivity index (χ3n) is 4.27. The molecule has 0 atom stereocenters. The molecule has 6 N–H and O–H groups in total. The highest BCUT2D eigenvalue weighted by Crippen LogP contribution is 2.23. The zero-order chi connectivity index (χ0) is 14.3. The third-order valence-corrected chi connectivity index (χ3v) is 4.27. The molecule has 0 saturated heterocycles. The minimum atomic E-state index is -0.660. The van der Waals surface area contributed by atoms with Gasteiger partial charge in [0.1, 0.15) is 0 Å². The number of rotatable bonds is 2. The van der Waals surface area contributed by atoms with E-state index < -0.39 is 5.97 Å². The second-order valence-electron chi connectivity index (χ2n) is 5.91. The fourth-order valence-electron chi connectivity index (χ4n) is 2.74. The van der Waals surface area contributed by atoms with Crippen molar-refractivity contribution in [1.82, 2.24) is 0 Å². The normalized spacial score (nSPS) is 33.4. The van der Waals surface area contributed by atoms with Crippen molar-refractivity contribution in [3.8, 4) is 0 Å². The zero-order valence-electron chi connectivity index (χ0n) is 12.0. The molecule has 0 spiro atoms. The van der Waals surface area contributed by atoms with Crippen LogP contribution in [0.15, 0.2) is 0 Å². The molecule has 6 heteroatoms. The van der Waals surface area contributed by atoms with Gasteiger partial charge in [0.2, 0.25) is 0 Å². The lowest BCUT2D eigenvalue weighted by atomic mass is 9.87. The van der Waals surface area contributed by atoms with Gasteiger partial charge in [-0.15, -0.1) is 12.4 Å². The van der Waals surface area contributed by atoms with Gasteiger partial charge >= 0.3 is 5.97 Å². The Bertz CT molecular complexity index is 263. The van der Waals surface area contributed by atoms with E-state index in [1.165, 1.54) is 0 Å². The van der Waals surface area contributed by atoms with Crippen LogP contribution in [-0.4, -0.2) is 34.9 Å². The molecule has 0 aromatic rings. The number of hydrogen-bond donors (Lipinski definition) is 4. The summed E-state index contributed by atoms with van der Waals surface area (Å²) in [5.41, 5.74) is 11.3. The Morgan fingerprint density at radius 2 is 1.30 bits per heavy atom. The van der Waals surface area contributed by atoms with Gasteiger partial charge in [0.25, 0.3) is 0 Å². The lowest BCUT2D eigenvalue weighted by Gasteiger charge is -2.23. The Kier molecular flexibility index (Phi) is 10.2. The molecule has 0 aromatic carbocycles. The summed E-state index contributed by atoms with van der Waals surface area (Å²) >= 11 is 0. The van der Waals surface area contributed by atoms with Gasteiger partial charge in [-0.1, -0.05) is 0 Å². The van der Waals surface area contributed by atoms with Crippen LogP contribution >= 0.6 is 12.4 Å². The van der Waals surface area contributed by atoms with E-state index in [0.717, 1.165) is 51.4 Å². The number of aliphatic hydroxyl groups excluding tert-OH is 1. The van der Waals surface area contributed by atoms with Crippen molar-refractivity contribution >= 4 is 18.4 Å². The number of nitrogens with two attached hydrogens (primary N) is 2. The maximum Gasteiger partial charge on any atom is 0.306 e. The summed E-state index contributed by atoms with van der Waals surface area (Å²) in [7, 11) is 0. The van der Waals surface area contributed by atoms with Gasteiger partial charge in [0, 0.05) is 18.7 Å². The zero-order valence-corrected chi connectivity index (χ0v) is 12.9. The first-order chi connectivity index (χ1) is 9.02. The van der Waals surface area contributed by atoms with E-state index in [4.69, 9.17) is 21.7 Å². The third kappa shape index (κ3) is 7.43. The van der Waals surface area contributed by atoms with Crippen molar-refractivity contribution in [2.24, 2.45) is 23.3 Å². The molecule has 0 unspecified atom stereocenters. The monoisotopic (exact) mass is 308 g/mol. The second kappa shape index (κ2) is 10.4. The van der Waals surface area contributed by atoms with Gasteiger partial charge < -0.3 is 21.7 Å². The van der Waals surface area contributed by atoms with Crippen LogP contribution < -0.4 is 11.5 Å². The summed E-state index contributed by atoms with van der Waals surface area (Å²) in [5, 5.41) is 17.3. The van der Waals surface area contributed by atoms with Gasteiger partial charge in [-0.25, -0.2) is 0 Å². The van der Waals surface area contributed by atoms with Crippen LogP contribution in [0.25, 0.3) is 0 Å². The van der Waals surface area contributed by atoms with Crippen molar-refractivity contribution in [1.29, 1.82) is 0 Å². The topological polar surface area (TPSA) is 110 Å². The van der Waals surface area contributed by atoms with E-state index >= 15 is 0 Å². The number of carbonyl (C=O) groups is 1. The standard InChI is InChI=1S/C7H13NO2.C7H15NO.ClH/c8-6-3-1-5(2-4-6)7(9)10;8-7-3-1-6(5-9)2-4-7;/h5-6H,1-4,8H2,(H,9,10);6-7,9H,1-5,8H2;1H/t5-,6+;6-,7+;. The van der Waals surface area contributed by atoms with Crippen LogP contribution in [0.3, 0.4) is 0 Å². The van der Waals surface area contributed by atoms with Crippen molar-refractivity contribution in [2.45, 2.75) is 63.5 Å². The van der Waals surface area contributed by atoms with Crippen LogP contribution in [0.4, 0.5) is 0 Å². The molecular formula is C14H29ClN2O3. The molecule has 0 radical (unpaired) electrons. The highest BCUT2D eigenvalue weighted by atomic mass is 35.5. The van der Waals surface area contributed by atoms with E-state index in [2.05, 4.69) is 0 Å². The molecule has 0 amide bonds. The van der Waals surface area contributed by atoms with E-state index in [1.807, 2.05) is 0 Å². The van der Waals surface area contributed by atoms with Gasteiger partial charge in [0.15, 0.2) is 0 Å². The van der Waals surface area contributed by atoms with Gasteiger partial charge in [-0.05, 0) is 57.3 Å². The first-order valence-electron chi connectivity index (χ1n) is 7.37. The van der Waals surface area contributed by atoms with Crippen molar-refractivity contribution < 1.29 is 15.0 Å². The Morgan fingerprint density at radius 1 is 0.900 bits per heavy atom. The Hall–Kier alpha value is -0.360. The largest absolute Gasteiger partial charge is 0.481 e. The van der Waals surface area contributed by atoms with Crippen molar-refractivity contribution in [3.63, 3.8) is 0 Å². The maximum atomic E-state index is 10.4. The molecule has 2 aliphatic carbocycles. The molecule has 2 rings (SSSR count). The van der Waals surface area contributed by atoms with Gasteiger partial charge in [-0.3, -0.25) is 4.79 Å². The number of hydrogen-bond acceptors (Lipinski definition) is 4. The summed E-state index contributed by atoms with van der Waals surface area (Å²) in [4.78, 5) is 10.4. The van der Waals surface area contributed by atoms with Crippen LogP contribution in [0.2, 0.25) is 0 Å². The second-order valence-corrected chi connectivity index (χ2v) is 5.91. The summed E-state index contributed by atoms with van der Waals surface area (Å²) < 4.78 is 0.